The van der Waals surface area contributed by atoms with Gasteiger partial charge in [-0.05, 0) is 36.6 Å². The fraction of sp³-hybridized carbons (Fsp3) is 0.500. The SMILES string of the molecule is CN(CC1(O)CCCC1)C(=O)c1ccc2c(c1)CC(=O)N2. The molecule has 5 heteroatoms. The molecule has 1 aliphatic carbocycles. The number of nitrogens with one attached hydrogen (secondary N) is 1. The number of carbonyl (C=O) groups is 2. The van der Waals surface area contributed by atoms with E-state index in [4.69, 9.17) is 0 Å². The number of benzene rings is 1. The van der Waals surface area contributed by atoms with E-state index in [9.17, 15) is 14.7 Å². The smallest absolute Gasteiger partial charge is 0.253 e. The van der Waals surface area contributed by atoms with Crippen LogP contribution in [0.1, 0.15) is 41.6 Å². The quantitative estimate of drug-likeness (QED) is 0.886. The molecule has 0 saturated heterocycles. The number of rotatable bonds is 3. The normalized spacial score (nSPS) is 19.2. The lowest BCUT2D eigenvalue weighted by Gasteiger charge is -2.28. The molecule has 0 aromatic heterocycles. The maximum Gasteiger partial charge on any atom is 0.253 e. The zero-order valence-electron chi connectivity index (χ0n) is 12.2. The minimum Gasteiger partial charge on any atom is -0.388 e. The van der Waals surface area contributed by atoms with Crippen LogP contribution in [0, 0.1) is 0 Å². The van der Waals surface area contributed by atoms with E-state index in [1.54, 1.807) is 30.1 Å². The van der Waals surface area contributed by atoms with E-state index in [-0.39, 0.29) is 11.8 Å². The minimum atomic E-state index is -0.737. The maximum atomic E-state index is 12.5. The van der Waals surface area contributed by atoms with E-state index in [1.807, 2.05) is 0 Å². The lowest BCUT2D eigenvalue weighted by Crippen LogP contribution is -2.42. The molecule has 0 radical (unpaired) electrons. The Morgan fingerprint density at radius 2 is 2.10 bits per heavy atom. The molecule has 1 saturated carbocycles. The van der Waals surface area contributed by atoms with Crippen LogP contribution in [0.25, 0.3) is 0 Å². The number of amides is 2. The summed E-state index contributed by atoms with van der Waals surface area (Å²) in [6, 6.07) is 5.26. The van der Waals surface area contributed by atoms with Crippen LogP contribution in [0.5, 0.6) is 0 Å². The van der Waals surface area contributed by atoms with Crippen molar-refractivity contribution < 1.29 is 14.7 Å². The van der Waals surface area contributed by atoms with Gasteiger partial charge < -0.3 is 15.3 Å². The highest BCUT2D eigenvalue weighted by Crippen LogP contribution is 2.30. The van der Waals surface area contributed by atoms with Gasteiger partial charge in [0.1, 0.15) is 0 Å². The molecule has 0 unspecified atom stereocenters. The summed E-state index contributed by atoms with van der Waals surface area (Å²) in [5.74, 6) is -0.152. The van der Waals surface area contributed by atoms with Crippen LogP contribution in [0.15, 0.2) is 18.2 Å². The van der Waals surface area contributed by atoms with Crippen molar-refractivity contribution in [3.05, 3.63) is 29.3 Å². The van der Waals surface area contributed by atoms with E-state index in [2.05, 4.69) is 5.32 Å². The van der Waals surface area contributed by atoms with Crippen molar-refractivity contribution in [2.75, 3.05) is 18.9 Å². The Morgan fingerprint density at radius 3 is 2.81 bits per heavy atom. The van der Waals surface area contributed by atoms with Crippen molar-refractivity contribution in [1.82, 2.24) is 4.90 Å². The van der Waals surface area contributed by atoms with Gasteiger partial charge in [-0.15, -0.1) is 0 Å². The van der Waals surface area contributed by atoms with Gasteiger partial charge in [0.05, 0.1) is 12.0 Å². The summed E-state index contributed by atoms with van der Waals surface area (Å²) in [5, 5.41) is 13.2. The van der Waals surface area contributed by atoms with Gasteiger partial charge in [-0.3, -0.25) is 9.59 Å². The summed E-state index contributed by atoms with van der Waals surface area (Å²) in [6.07, 6.45) is 3.88. The number of carbonyl (C=O) groups excluding carboxylic acids is 2. The van der Waals surface area contributed by atoms with E-state index in [0.717, 1.165) is 36.9 Å². The molecule has 112 valence electrons. The van der Waals surface area contributed by atoms with Crippen molar-refractivity contribution in [1.29, 1.82) is 0 Å². The largest absolute Gasteiger partial charge is 0.388 e. The predicted molar refractivity (Wildman–Crippen MR) is 79.2 cm³/mol. The van der Waals surface area contributed by atoms with Gasteiger partial charge in [0.15, 0.2) is 0 Å². The Labute approximate surface area is 123 Å². The third-order valence-corrected chi connectivity index (χ3v) is 4.39. The molecule has 2 amide bonds. The third-order valence-electron chi connectivity index (χ3n) is 4.39. The standard InChI is InChI=1S/C16H20N2O3/c1-18(10-16(21)6-2-3-7-16)15(20)11-4-5-13-12(8-11)9-14(19)17-13/h4-5,8,21H,2-3,6-7,9-10H2,1H3,(H,17,19). The monoisotopic (exact) mass is 288 g/mol. The van der Waals surface area contributed by atoms with Gasteiger partial charge in [0.25, 0.3) is 5.91 Å². The highest BCUT2D eigenvalue weighted by molar-refractivity contribution is 6.01. The molecule has 2 N–H and O–H groups in total. The number of likely N-dealkylation sites (N-methyl/N-ethyl adjacent to an activating group) is 1. The fourth-order valence-electron chi connectivity index (χ4n) is 3.29. The van der Waals surface area contributed by atoms with Crippen molar-refractivity contribution in [3.8, 4) is 0 Å². The molecular formula is C16H20N2O3. The molecule has 1 heterocycles. The number of hydrogen-bond acceptors (Lipinski definition) is 3. The second kappa shape index (κ2) is 5.15. The van der Waals surface area contributed by atoms with Gasteiger partial charge in [0, 0.05) is 24.8 Å². The van der Waals surface area contributed by atoms with Crippen molar-refractivity contribution in [2.45, 2.75) is 37.7 Å². The Hall–Kier alpha value is -1.88. The topological polar surface area (TPSA) is 69.6 Å². The van der Waals surface area contributed by atoms with Gasteiger partial charge in [0.2, 0.25) is 5.91 Å². The maximum absolute atomic E-state index is 12.5. The number of anilines is 1. The van der Waals surface area contributed by atoms with Gasteiger partial charge in [-0.25, -0.2) is 0 Å². The molecule has 0 spiro atoms. The summed E-state index contributed by atoms with van der Waals surface area (Å²) in [4.78, 5) is 25.4. The molecule has 1 aromatic carbocycles. The van der Waals surface area contributed by atoms with Gasteiger partial charge in [-0.2, -0.15) is 0 Å². The highest BCUT2D eigenvalue weighted by Gasteiger charge is 2.33. The van der Waals surface area contributed by atoms with Gasteiger partial charge in [-0.1, -0.05) is 12.8 Å². The van der Waals surface area contributed by atoms with E-state index >= 15 is 0 Å². The molecule has 21 heavy (non-hydrogen) atoms. The van der Waals surface area contributed by atoms with Crippen molar-refractivity contribution in [3.63, 3.8) is 0 Å². The summed E-state index contributed by atoms with van der Waals surface area (Å²) in [5.41, 5.74) is 1.47. The van der Waals surface area contributed by atoms with E-state index in [0.29, 0.717) is 18.5 Å². The summed E-state index contributed by atoms with van der Waals surface area (Å²) < 4.78 is 0. The fourth-order valence-corrected chi connectivity index (χ4v) is 3.29. The Bertz CT molecular complexity index is 591. The number of hydrogen-bond donors (Lipinski definition) is 2. The molecule has 1 fully saturated rings. The minimum absolute atomic E-state index is 0.0387. The summed E-state index contributed by atoms with van der Waals surface area (Å²) in [6.45, 7) is 0.361. The molecule has 2 aliphatic rings. The molecule has 0 atom stereocenters. The Balaban J connectivity index is 1.73. The lowest BCUT2D eigenvalue weighted by atomic mass is 10.0. The summed E-state index contributed by atoms with van der Waals surface area (Å²) in [7, 11) is 1.72. The van der Waals surface area contributed by atoms with Crippen LogP contribution in [0.4, 0.5) is 5.69 Å². The summed E-state index contributed by atoms with van der Waals surface area (Å²) >= 11 is 0. The zero-order valence-corrected chi connectivity index (χ0v) is 12.2. The molecule has 0 bridgehead atoms. The Morgan fingerprint density at radius 1 is 1.38 bits per heavy atom. The van der Waals surface area contributed by atoms with E-state index in [1.165, 1.54) is 0 Å². The van der Waals surface area contributed by atoms with Crippen molar-refractivity contribution >= 4 is 17.5 Å². The molecule has 1 aliphatic heterocycles. The number of nitrogens with zero attached hydrogens (tertiary/aromatic N) is 1. The number of fused-ring (bicyclic) bond motifs is 1. The number of aliphatic hydroxyl groups is 1. The van der Waals surface area contributed by atoms with Gasteiger partial charge >= 0.3 is 0 Å². The average molecular weight is 288 g/mol. The van der Waals surface area contributed by atoms with Crippen LogP contribution in [0.3, 0.4) is 0 Å². The first-order valence-electron chi connectivity index (χ1n) is 7.37. The first-order valence-corrected chi connectivity index (χ1v) is 7.37. The Kier molecular flexibility index (Phi) is 3.45. The third kappa shape index (κ3) is 2.78. The average Bonchev–Trinajstić information content (AvgIpc) is 3.01. The van der Waals surface area contributed by atoms with E-state index < -0.39 is 5.60 Å². The lowest BCUT2D eigenvalue weighted by molar-refractivity contribution is -0.115. The highest BCUT2D eigenvalue weighted by atomic mass is 16.3. The van der Waals surface area contributed by atoms with Crippen molar-refractivity contribution in [2.24, 2.45) is 0 Å². The van der Waals surface area contributed by atoms with Crippen LogP contribution >= 0.6 is 0 Å². The first kappa shape index (κ1) is 14.1. The first-order chi connectivity index (χ1) is 9.97. The zero-order chi connectivity index (χ0) is 15.0. The van der Waals surface area contributed by atoms with Crippen LogP contribution in [0.2, 0.25) is 0 Å². The van der Waals surface area contributed by atoms with Crippen LogP contribution in [-0.4, -0.2) is 41.0 Å². The second-order valence-electron chi connectivity index (χ2n) is 6.19. The van der Waals surface area contributed by atoms with Crippen LogP contribution in [-0.2, 0) is 11.2 Å². The molecule has 1 aromatic rings. The predicted octanol–water partition coefficient (Wildman–Crippen LogP) is 1.56. The second-order valence-corrected chi connectivity index (χ2v) is 6.19. The van der Waals surface area contributed by atoms with Crippen LogP contribution < -0.4 is 5.32 Å². The molecule has 3 rings (SSSR count). The molecular weight excluding hydrogens is 268 g/mol. The molecule has 5 nitrogen and oxygen atoms in total.